The standard InChI is InChI=1S/C7H16N2O4S/c1-4-5-6(7(10)11)8-14(12,13)9(2)3/h6,8H,4-5H2,1-3H3,(H,10,11)/t6-/m1/s1. The second-order valence-electron chi connectivity index (χ2n) is 3.08. The molecule has 0 radical (unpaired) electrons. The summed E-state index contributed by atoms with van der Waals surface area (Å²) in [5.74, 6) is -1.16. The lowest BCUT2D eigenvalue weighted by atomic mass is 10.2. The van der Waals surface area contributed by atoms with E-state index in [0.29, 0.717) is 6.42 Å². The predicted molar refractivity (Wildman–Crippen MR) is 52.1 cm³/mol. The molecule has 0 saturated heterocycles. The van der Waals surface area contributed by atoms with E-state index in [1.807, 2.05) is 0 Å². The van der Waals surface area contributed by atoms with Crippen LogP contribution < -0.4 is 4.72 Å². The zero-order chi connectivity index (χ0) is 11.4. The van der Waals surface area contributed by atoms with Gasteiger partial charge in [0.05, 0.1) is 0 Å². The molecule has 1 atom stereocenters. The summed E-state index contributed by atoms with van der Waals surface area (Å²) in [6, 6.07) is -1.05. The molecular formula is C7H16N2O4S. The molecule has 0 bridgehead atoms. The second-order valence-corrected chi connectivity index (χ2v) is 5.00. The van der Waals surface area contributed by atoms with Crippen LogP contribution in [0.25, 0.3) is 0 Å². The molecule has 0 aromatic rings. The lowest BCUT2D eigenvalue weighted by molar-refractivity contribution is -0.139. The van der Waals surface area contributed by atoms with Crippen LogP contribution >= 0.6 is 0 Å². The molecule has 0 saturated carbocycles. The van der Waals surface area contributed by atoms with Crippen LogP contribution in [0.4, 0.5) is 0 Å². The van der Waals surface area contributed by atoms with Gasteiger partial charge >= 0.3 is 5.97 Å². The van der Waals surface area contributed by atoms with Crippen molar-refractivity contribution in [2.24, 2.45) is 0 Å². The topological polar surface area (TPSA) is 86.7 Å². The van der Waals surface area contributed by atoms with Gasteiger partial charge in [-0.3, -0.25) is 4.79 Å². The summed E-state index contributed by atoms with van der Waals surface area (Å²) in [6.45, 7) is 1.79. The first kappa shape index (κ1) is 13.3. The Labute approximate surface area is 84.1 Å². The van der Waals surface area contributed by atoms with Crippen LogP contribution in [-0.2, 0) is 15.0 Å². The Morgan fingerprint density at radius 3 is 2.29 bits per heavy atom. The molecule has 0 rings (SSSR count). The van der Waals surface area contributed by atoms with Gasteiger partial charge in [0.25, 0.3) is 10.2 Å². The van der Waals surface area contributed by atoms with Gasteiger partial charge in [0.15, 0.2) is 0 Å². The lowest BCUT2D eigenvalue weighted by Gasteiger charge is -2.17. The Bertz CT molecular complexity index is 286. The van der Waals surface area contributed by atoms with Crippen LogP contribution in [0.3, 0.4) is 0 Å². The van der Waals surface area contributed by atoms with Crippen LogP contribution in [-0.4, -0.2) is 43.9 Å². The van der Waals surface area contributed by atoms with Crippen molar-refractivity contribution < 1.29 is 18.3 Å². The predicted octanol–water partition coefficient (Wildman–Crippen LogP) is -0.364. The highest BCUT2D eigenvalue weighted by Crippen LogP contribution is 2.00. The molecule has 0 fully saturated rings. The Morgan fingerprint density at radius 1 is 1.50 bits per heavy atom. The zero-order valence-corrected chi connectivity index (χ0v) is 9.34. The third kappa shape index (κ3) is 4.03. The van der Waals surface area contributed by atoms with Crippen molar-refractivity contribution >= 4 is 16.2 Å². The minimum atomic E-state index is -3.66. The normalized spacial score (nSPS) is 14.3. The van der Waals surface area contributed by atoms with E-state index in [1.54, 1.807) is 6.92 Å². The van der Waals surface area contributed by atoms with Gasteiger partial charge < -0.3 is 5.11 Å². The minimum absolute atomic E-state index is 0.280. The number of hydrogen-bond donors (Lipinski definition) is 2. The molecule has 0 amide bonds. The third-order valence-corrected chi connectivity index (χ3v) is 3.19. The van der Waals surface area contributed by atoms with Crippen molar-refractivity contribution in [2.45, 2.75) is 25.8 Å². The first-order chi connectivity index (χ1) is 6.31. The largest absolute Gasteiger partial charge is 0.480 e. The Balaban J connectivity index is 4.53. The molecule has 0 aliphatic heterocycles. The van der Waals surface area contributed by atoms with Crippen LogP contribution in [0.5, 0.6) is 0 Å². The van der Waals surface area contributed by atoms with Crippen molar-refractivity contribution in [2.75, 3.05) is 14.1 Å². The fourth-order valence-electron chi connectivity index (χ4n) is 0.807. The number of hydrogen-bond acceptors (Lipinski definition) is 3. The smallest absolute Gasteiger partial charge is 0.321 e. The molecule has 2 N–H and O–H groups in total. The van der Waals surface area contributed by atoms with Gasteiger partial charge in [0.2, 0.25) is 0 Å². The second kappa shape index (κ2) is 5.28. The highest BCUT2D eigenvalue weighted by Gasteiger charge is 2.24. The van der Waals surface area contributed by atoms with E-state index in [0.717, 1.165) is 4.31 Å². The van der Waals surface area contributed by atoms with Crippen molar-refractivity contribution in [1.82, 2.24) is 9.03 Å². The maximum absolute atomic E-state index is 11.3. The summed E-state index contributed by atoms with van der Waals surface area (Å²) in [7, 11) is -0.981. The number of carbonyl (C=O) groups is 1. The van der Waals surface area contributed by atoms with Crippen molar-refractivity contribution in [3.8, 4) is 0 Å². The molecule has 0 unspecified atom stereocenters. The first-order valence-electron chi connectivity index (χ1n) is 4.23. The highest BCUT2D eigenvalue weighted by molar-refractivity contribution is 7.87. The van der Waals surface area contributed by atoms with Gasteiger partial charge in [-0.15, -0.1) is 0 Å². The molecule has 84 valence electrons. The summed E-state index contributed by atoms with van der Waals surface area (Å²) in [4.78, 5) is 10.6. The number of nitrogens with zero attached hydrogens (tertiary/aromatic N) is 1. The SMILES string of the molecule is CCC[C@@H](NS(=O)(=O)N(C)C)C(=O)O. The molecule has 6 nitrogen and oxygen atoms in total. The molecule has 14 heavy (non-hydrogen) atoms. The number of nitrogens with one attached hydrogen (secondary N) is 1. The number of carboxylic acids is 1. The monoisotopic (exact) mass is 224 g/mol. The van der Waals surface area contributed by atoms with Gasteiger partial charge in [0, 0.05) is 14.1 Å². The van der Waals surface area contributed by atoms with Crippen molar-refractivity contribution in [1.29, 1.82) is 0 Å². The van der Waals surface area contributed by atoms with Crippen LogP contribution in [0, 0.1) is 0 Å². The number of rotatable bonds is 6. The summed E-state index contributed by atoms with van der Waals surface area (Å²) in [5.41, 5.74) is 0. The minimum Gasteiger partial charge on any atom is -0.480 e. The molecule has 0 aliphatic carbocycles. The highest BCUT2D eigenvalue weighted by atomic mass is 32.2. The number of carboxylic acid groups (broad SMARTS) is 1. The molecule has 0 aromatic carbocycles. The molecule has 0 aliphatic rings. The van der Waals surface area contributed by atoms with Crippen molar-refractivity contribution in [3.05, 3.63) is 0 Å². The van der Waals surface area contributed by atoms with Gasteiger partial charge in [-0.25, -0.2) is 0 Å². The van der Waals surface area contributed by atoms with Gasteiger partial charge in [-0.2, -0.15) is 17.4 Å². The van der Waals surface area contributed by atoms with E-state index in [1.165, 1.54) is 14.1 Å². The number of aliphatic carboxylic acids is 1. The van der Waals surface area contributed by atoms with Gasteiger partial charge in [-0.05, 0) is 6.42 Å². The Kier molecular flexibility index (Phi) is 5.03. The van der Waals surface area contributed by atoms with Crippen LogP contribution in [0.1, 0.15) is 19.8 Å². The maximum atomic E-state index is 11.3. The summed E-state index contributed by atoms with van der Waals surface area (Å²) >= 11 is 0. The van der Waals surface area contributed by atoms with E-state index in [2.05, 4.69) is 4.72 Å². The van der Waals surface area contributed by atoms with E-state index < -0.39 is 22.2 Å². The van der Waals surface area contributed by atoms with Gasteiger partial charge in [-0.1, -0.05) is 13.3 Å². The molecule has 0 heterocycles. The summed E-state index contributed by atoms with van der Waals surface area (Å²) < 4.78 is 25.6. The zero-order valence-electron chi connectivity index (χ0n) is 8.52. The fraction of sp³-hybridized carbons (Fsp3) is 0.857. The van der Waals surface area contributed by atoms with E-state index >= 15 is 0 Å². The molecule has 7 heteroatoms. The van der Waals surface area contributed by atoms with E-state index in [9.17, 15) is 13.2 Å². The lowest BCUT2D eigenvalue weighted by Crippen LogP contribution is -2.45. The van der Waals surface area contributed by atoms with Crippen LogP contribution in [0.15, 0.2) is 0 Å². The maximum Gasteiger partial charge on any atom is 0.321 e. The first-order valence-corrected chi connectivity index (χ1v) is 5.67. The molecule has 0 aromatic heterocycles. The van der Waals surface area contributed by atoms with E-state index in [4.69, 9.17) is 5.11 Å². The quantitative estimate of drug-likeness (QED) is 0.645. The summed E-state index contributed by atoms with van der Waals surface area (Å²) in [6.07, 6.45) is 0.884. The van der Waals surface area contributed by atoms with E-state index in [-0.39, 0.29) is 6.42 Å². The average Bonchev–Trinajstić information content (AvgIpc) is 2.02. The summed E-state index contributed by atoms with van der Waals surface area (Å²) in [5, 5.41) is 8.70. The average molecular weight is 224 g/mol. The molecular weight excluding hydrogens is 208 g/mol. The Morgan fingerprint density at radius 2 is 2.00 bits per heavy atom. The third-order valence-electron chi connectivity index (χ3n) is 1.65. The van der Waals surface area contributed by atoms with Crippen molar-refractivity contribution in [3.63, 3.8) is 0 Å². The molecule has 0 spiro atoms. The Hall–Kier alpha value is -0.660. The fourth-order valence-corrected chi connectivity index (χ4v) is 1.60. The van der Waals surface area contributed by atoms with Crippen LogP contribution in [0.2, 0.25) is 0 Å². The van der Waals surface area contributed by atoms with Gasteiger partial charge in [0.1, 0.15) is 6.04 Å².